The maximum absolute atomic E-state index is 9.68. The molecule has 3 N–H and O–H groups in total. The van der Waals surface area contributed by atoms with Crippen molar-refractivity contribution in [2.45, 2.75) is 18.3 Å². The van der Waals surface area contributed by atoms with Crippen LogP contribution in [0, 0.1) is 0 Å². The summed E-state index contributed by atoms with van der Waals surface area (Å²) in [6, 6.07) is 0. The summed E-state index contributed by atoms with van der Waals surface area (Å²) in [6.45, 7) is 7.98. The highest BCUT2D eigenvalue weighted by molar-refractivity contribution is 4.66. The molecule has 7 heteroatoms. The van der Waals surface area contributed by atoms with E-state index in [0.717, 1.165) is 0 Å². The molecule has 0 radical (unpaired) electrons. The van der Waals surface area contributed by atoms with Gasteiger partial charge in [-0.2, -0.15) is 0 Å². The molecular weight excluding hydrogens is 292 g/mol. The summed E-state index contributed by atoms with van der Waals surface area (Å²) in [4.78, 5) is 0. The van der Waals surface area contributed by atoms with Crippen LogP contribution in [0.3, 0.4) is 0 Å². The van der Waals surface area contributed by atoms with E-state index in [1.165, 1.54) is 0 Å². The fourth-order valence-corrected chi connectivity index (χ4v) is 1.41. The van der Waals surface area contributed by atoms with Gasteiger partial charge in [-0.25, -0.2) is 0 Å². The second-order valence-corrected chi connectivity index (χ2v) is 4.64. The van der Waals surface area contributed by atoms with E-state index in [2.05, 4.69) is 13.2 Å². The van der Waals surface area contributed by atoms with Crippen LogP contribution in [0.25, 0.3) is 0 Å². The molecule has 0 rings (SSSR count). The maximum atomic E-state index is 9.68. The lowest BCUT2D eigenvalue weighted by atomic mass is 10.3. The highest BCUT2D eigenvalue weighted by atomic mass is 16.6. The zero-order chi connectivity index (χ0) is 16.6. The predicted octanol–water partition coefficient (Wildman–Crippen LogP) is -0.492. The minimum absolute atomic E-state index is 0.00569. The van der Waals surface area contributed by atoms with E-state index in [-0.39, 0.29) is 39.6 Å². The van der Waals surface area contributed by atoms with Crippen molar-refractivity contribution in [1.82, 2.24) is 0 Å². The Balaban J connectivity index is 3.63. The summed E-state index contributed by atoms with van der Waals surface area (Å²) in [5, 5.41) is 28.3. The normalized spacial score (nSPS) is 15.2. The molecule has 7 nitrogen and oxygen atoms in total. The van der Waals surface area contributed by atoms with Crippen molar-refractivity contribution in [3.05, 3.63) is 25.3 Å². The Morgan fingerprint density at radius 3 is 1.82 bits per heavy atom. The molecule has 0 saturated heterocycles. The van der Waals surface area contributed by atoms with Gasteiger partial charge in [0.2, 0.25) is 0 Å². The van der Waals surface area contributed by atoms with Crippen LogP contribution in [0.4, 0.5) is 0 Å². The number of hydrogen-bond donors (Lipinski definition) is 3. The first-order chi connectivity index (χ1) is 10.6. The number of hydrogen-bond acceptors (Lipinski definition) is 7. The van der Waals surface area contributed by atoms with Gasteiger partial charge < -0.3 is 34.3 Å². The zero-order valence-corrected chi connectivity index (χ0v) is 12.9. The molecule has 0 amide bonds. The van der Waals surface area contributed by atoms with Gasteiger partial charge in [-0.05, 0) is 0 Å². The molecule has 0 saturated carbocycles. The van der Waals surface area contributed by atoms with E-state index in [1.54, 1.807) is 12.2 Å². The van der Waals surface area contributed by atoms with Crippen molar-refractivity contribution in [2.75, 3.05) is 52.9 Å². The zero-order valence-electron chi connectivity index (χ0n) is 12.9. The first-order valence-electron chi connectivity index (χ1n) is 7.17. The smallest absolute Gasteiger partial charge is 0.104 e. The molecule has 3 atom stereocenters. The quantitative estimate of drug-likeness (QED) is 0.261. The minimum atomic E-state index is -0.852. The first-order valence-corrected chi connectivity index (χ1v) is 7.17. The third-order valence-corrected chi connectivity index (χ3v) is 2.43. The summed E-state index contributed by atoms with van der Waals surface area (Å²) in [5.74, 6) is 0. The van der Waals surface area contributed by atoms with E-state index in [4.69, 9.17) is 24.1 Å². The molecule has 0 aromatic rings. The molecule has 0 heterocycles. The average Bonchev–Trinajstić information content (AvgIpc) is 2.51. The Hall–Kier alpha value is -0.800. The third-order valence-electron chi connectivity index (χ3n) is 2.43. The number of aliphatic hydroxyl groups excluding tert-OH is 3. The van der Waals surface area contributed by atoms with Crippen molar-refractivity contribution >= 4 is 0 Å². The van der Waals surface area contributed by atoms with Gasteiger partial charge in [0.05, 0.1) is 52.9 Å². The Morgan fingerprint density at radius 1 is 0.773 bits per heavy atom. The summed E-state index contributed by atoms with van der Waals surface area (Å²) < 4.78 is 20.7. The van der Waals surface area contributed by atoms with E-state index in [1.807, 2.05) is 0 Å². The summed E-state index contributed by atoms with van der Waals surface area (Å²) >= 11 is 0. The third kappa shape index (κ3) is 12.9. The van der Waals surface area contributed by atoms with Gasteiger partial charge in [0, 0.05) is 0 Å². The lowest BCUT2D eigenvalue weighted by Crippen LogP contribution is -2.31. The van der Waals surface area contributed by atoms with E-state index in [0.29, 0.717) is 13.2 Å². The van der Waals surface area contributed by atoms with Gasteiger partial charge in [0.25, 0.3) is 0 Å². The number of aliphatic hydroxyl groups is 3. The SMILES string of the molecule is C=CCOCC(O)COCC(O)COC(CO)COCC=C. The molecule has 130 valence electrons. The van der Waals surface area contributed by atoms with Crippen LogP contribution < -0.4 is 0 Å². The number of ether oxygens (including phenoxy) is 4. The molecule has 0 aromatic heterocycles. The standard InChI is InChI=1S/C15H28O7/c1-3-5-19-8-13(17)9-21-10-14(18)11-22-15(7-16)12-20-6-4-2/h3-4,13-18H,1-2,5-12H2. The molecule has 0 aliphatic rings. The topological polar surface area (TPSA) is 97.6 Å². The molecule has 0 bridgehead atoms. The highest BCUT2D eigenvalue weighted by Crippen LogP contribution is 1.97. The van der Waals surface area contributed by atoms with E-state index in [9.17, 15) is 10.2 Å². The fourth-order valence-electron chi connectivity index (χ4n) is 1.41. The Bertz CT molecular complexity index is 273. The summed E-state index contributed by atoms with van der Waals surface area (Å²) in [6.07, 6.45) is 1.07. The highest BCUT2D eigenvalue weighted by Gasteiger charge is 2.13. The van der Waals surface area contributed by atoms with Crippen molar-refractivity contribution in [2.24, 2.45) is 0 Å². The van der Waals surface area contributed by atoms with Gasteiger partial charge in [0.1, 0.15) is 18.3 Å². The number of rotatable bonds is 16. The summed E-state index contributed by atoms with van der Waals surface area (Å²) in [7, 11) is 0. The van der Waals surface area contributed by atoms with Crippen molar-refractivity contribution in [1.29, 1.82) is 0 Å². The Kier molecular flexibility index (Phi) is 14.6. The first kappa shape index (κ1) is 21.2. The maximum Gasteiger partial charge on any atom is 0.104 e. The Morgan fingerprint density at radius 2 is 1.27 bits per heavy atom. The van der Waals surface area contributed by atoms with Crippen LogP contribution in [0.1, 0.15) is 0 Å². The molecule has 0 aliphatic heterocycles. The van der Waals surface area contributed by atoms with Gasteiger partial charge >= 0.3 is 0 Å². The molecule has 0 aromatic carbocycles. The van der Waals surface area contributed by atoms with Gasteiger partial charge in [-0.1, -0.05) is 12.2 Å². The monoisotopic (exact) mass is 320 g/mol. The van der Waals surface area contributed by atoms with Crippen LogP contribution in [0.2, 0.25) is 0 Å². The van der Waals surface area contributed by atoms with Crippen LogP contribution in [-0.2, 0) is 18.9 Å². The Labute approximate surface area is 131 Å². The van der Waals surface area contributed by atoms with E-state index < -0.39 is 18.3 Å². The molecule has 0 spiro atoms. The van der Waals surface area contributed by atoms with Crippen LogP contribution >= 0.6 is 0 Å². The fraction of sp³-hybridized carbons (Fsp3) is 0.733. The molecular formula is C15H28O7. The summed E-state index contributed by atoms with van der Waals surface area (Å²) in [5.41, 5.74) is 0. The van der Waals surface area contributed by atoms with Crippen LogP contribution in [0.15, 0.2) is 25.3 Å². The van der Waals surface area contributed by atoms with Gasteiger partial charge in [-0.3, -0.25) is 0 Å². The van der Waals surface area contributed by atoms with Crippen LogP contribution in [-0.4, -0.2) is 86.5 Å². The second-order valence-electron chi connectivity index (χ2n) is 4.64. The minimum Gasteiger partial charge on any atom is -0.394 e. The molecule has 22 heavy (non-hydrogen) atoms. The molecule has 0 aliphatic carbocycles. The lowest BCUT2D eigenvalue weighted by molar-refractivity contribution is -0.0888. The van der Waals surface area contributed by atoms with Crippen LogP contribution in [0.5, 0.6) is 0 Å². The second kappa shape index (κ2) is 15.1. The van der Waals surface area contributed by atoms with Crippen molar-refractivity contribution in [3.8, 4) is 0 Å². The molecule has 3 unspecified atom stereocenters. The van der Waals surface area contributed by atoms with Gasteiger partial charge in [-0.15, -0.1) is 13.2 Å². The lowest BCUT2D eigenvalue weighted by Gasteiger charge is -2.18. The van der Waals surface area contributed by atoms with E-state index >= 15 is 0 Å². The average molecular weight is 320 g/mol. The largest absolute Gasteiger partial charge is 0.394 e. The van der Waals surface area contributed by atoms with Crippen molar-refractivity contribution in [3.63, 3.8) is 0 Å². The molecule has 0 fully saturated rings. The van der Waals surface area contributed by atoms with Crippen molar-refractivity contribution < 1.29 is 34.3 Å². The predicted molar refractivity (Wildman–Crippen MR) is 81.7 cm³/mol. The van der Waals surface area contributed by atoms with Gasteiger partial charge in [0.15, 0.2) is 0 Å².